The summed E-state index contributed by atoms with van der Waals surface area (Å²) in [6.45, 7) is 1.71. The van der Waals surface area contributed by atoms with Gasteiger partial charge in [-0.05, 0) is 68.3 Å². The predicted molar refractivity (Wildman–Crippen MR) is 72.6 cm³/mol. The maximum atomic E-state index is 14.4. The molecule has 1 aromatic rings. The summed E-state index contributed by atoms with van der Waals surface area (Å²) in [7, 11) is 0. The van der Waals surface area contributed by atoms with Gasteiger partial charge in [-0.3, -0.25) is 0 Å². The molecule has 0 aromatic heterocycles. The summed E-state index contributed by atoms with van der Waals surface area (Å²) in [6.07, 6.45) is 5.05. The number of hydrogen-bond acceptors (Lipinski definition) is 1. The van der Waals surface area contributed by atoms with Gasteiger partial charge in [-0.25, -0.2) is 8.78 Å². The fourth-order valence-corrected chi connectivity index (χ4v) is 3.38. The van der Waals surface area contributed by atoms with Crippen molar-refractivity contribution in [1.82, 2.24) is 5.32 Å². The molecule has 19 heavy (non-hydrogen) atoms. The summed E-state index contributed by atoms with van der Waals surface area (Å²) in [6, 6.07) is 5.30. The molecule has 1 aromatic carbocycles. The van der Waals surface area contributed by atoms with E-state index in [0.29, 0.717) is 0 Å². The van der Waals surface area contributed by atoms with E-state index in [0.717, 1.165) is 50.8 Å². The van der Waals surface area contributed by atoms with Gasteiger partial charge in [0, 0.05) is 12.0 Å². The first-order chi connectivity index (χ1) is 9.15. The monoisotopic (exact) mass is 265 g/mol. The van der Waals surface area contributed by atoms with Crippen LogP contribution in [-0.4, -0.2) is 13.1 Å². The average Bonchev–Trinajstić information content (AvgIpc) is 2.86. The highest BCUT2D eigenvalue weighted by Gasteiger charge is 2.35. The minimum absolute atomic E-state index is 0.0151. The average molecular weight is 265 g/mol. The molecule has 0 radical (unpaired) electrons. The number of fused-ring (bicyclic) bond motifs is 1. The summed E-state index contributed by atoms with van der Waals surface area (Å²) in [5.74, 6) is -2.57. The van der Waals surface area contributed by atoms with Crippen LogP contribution < -0.4 is 5.32 Å². The number of hydrogen-bond donors (Lipinski definition) is 1. The van der Waals surface area contributed by atoms with E-state index in [1.807, 2.05) is 6.07 Å². The Morgan fingerprint density at radius 1 is 1.16 bits per heavy atom. The Balaban J connectivity index is 1.75. The Morgan fingerprint density at radius 2 is 2.00 bits per heavy atom. The van der Waals surface area contributed by atoms with Crippen LogP contribution in [-0.2, 0) is 18.8 Å². The van der Waals surface area contributed by atoms with Crippen LogP contribution in [0.5, 0.6) is 0 Å². The molecule has 1 heterocycles. The minimum atomic E-state index is -2.68. The molecule has 104 valence electrons. The van der Waals surface area contributed by atoms with Gasteiger partial charge >= 0.3 is 0 Å². The number of halogens is 2. The quantitative estimate of drug-likeness (QED) is 0.879. The highest BCUT2D eigenvalue weighted by atomic mass is 19.3. The van der Waals surface area contributed by atoms with E-state index < -0.39 is 5.92 Å². The zero-order valence-corrected chi connectivity index (χ0v) is 11.2. The lowest BCUT2D eigenvalue weighted by Crippen LogP contribution is -2.33. The molecule has 1 unspecified atom stereocenters. The summed E-state index contributed by atoms with van der Waals surface area (Å²) in [5.41, 5.74) is 2.62. The van der Waals surface area contributed by atoms with Gasteiger partial charge in [-0.1, -0.05) is 12.1 Å². The van der Waals surface area contributed by atoms with Crippen molar-refractivity contribution in [1.29, 1.82) is 0 Å². The predicted octanol–water partition coefficient (Wildman–Crippen LogP) is 3.66. The van der Waals surface area contributed by atoms with Crippen LogP contribution in [0.4, 0.5) is 8.78 Å². The van der Waals surface area contributed by atoms with Crippen LogP contribution in [0.1, 0.15) is 42.4 Å². The lowest BCUT2D eigenvalue weighted by Gasteiger charge is -2.27. The maximum Gasteiger partial charge on any atom is 0.273 e. The summed E-state index contributed by atoms with van der Waals surface area (Å²) in [4.78, 5) is 0. The van der Waals surface area contributed by atoms with Gasteiger partial charge < -0.3 is 5.32 Å². The molecule has 3 heteroatoms. The van der Waals surface area contributed by atoms with Gasteiger partial charge in [0.2, 0.25) is 0 Å². The highest BCUT2D eigenvalue weighted by Crippen LogP contribution is 2.38. The van der Waals surface area contributed by atoms with E-state index in [4.69, 9.17) is 0 Å². The Kier molecular flexibility index (Phi) is 3.57. The fourth-order valence-electron chi connectivity index (χ4n) is 3.38. The van der Waals surface area contributed by atoms with E-state index in [-0.39, 0.29) is 17.9 Å². The minimum Gasteiger partial charge on any atom is -0.316 e. The lowest BCUT2D eigenvalue weighted by molar-refractivity contribution is -0.0318. The Bertz CT molecular complexity index is 450. The van der Waals surface area contributed by atoms with E-state index in [1.165, 1.54) is 5.56 Å². The molecule has 0 saturated carbocycles. The zero-order valence-electron chi connectivity index (χ0n) is 11.2. The lowest BCUT2D eigenvalue weighted by atomic mass is 9.89. The van der Waals surface area contributed by atoms with Gasteiger partial charge in [-0.2, -0.15) is 0 Å². The summed E-state index contributed by atoms with van der Waals surface area (Å²) >= 11 is 0. The van der Waals surface area contributed by atoms with Crippen LogP contribution in [0.3, 0.4) is 0 Å². The first-order valence-electron chi connectivity index (χ1n) is 7.36. The van der Waals surface area contributed by atoms with Gasteiger partial charge in [0.1, 0.15) is 0 Å². The smallest absolute Gasteiger partial charge is 0.273 e. The molecule has 1 saturated heterocycles. The summed E-state index contributed by atoms with van der Waals surface area (Å²) < 4.78 is 28.8. The third-order valence-corrected chi connectivity index (χ3v) is 4.46. The molecule has 1 aliphatic heterocycles. The van der Waals surface area contributed by atoms with Crippen LogP contribution in [0.2, 0.25) is 0 Å². The van der Waals surface area contributed by atoms with Crippen molar-refractivity contribution < 1.29 is 8.78 Å². The standard InChI is InChI=1S/C16H21F2N/c17-16(18,10-12-3-2-8-19-11-12)15-7-6-13-4-1-5-14(13)9-15/h6-7,9,12,19H,1-5,8,10-11H2. The first kappa shape index (κ1) is 13.0. The van der Waals surface area contributed by atoms with Crippen LogP contribution >= 0.6 is 0 Å². The highest BCUT2D eigenvalue weighted by molar-refractivity contribution is 5.37. The number of piperidine rings is 1. The van der Waals surface area contributed by atoms with Crippen molar-refractivity contribution >= 4 is 0 Å². The molecule has 1 fully saturated rings. The van der Waals surface area contributed by atoms with Crippen molar-refractivity contribution in [3.8, 4) is 0 Å². The van der Waals surface area contributed by atoms with Crippen molar-refractivity contribution in [2.24, 2.45) is 5.92 Å². The normalized spacial score (nSPS) is 23.4. The van der Waals surface area contributed by atoms with Crippen LogP contribution in [0.25, 0.3) is 0 Å². The van der Waals surface area contributed by atoms with Gasteiger partial charge in [0.05, 0.1) is 0 Å². The molecular formula is C16H21F2N. The molecule has 0 spiro atoms. The Morgan fingerprint density at radius 3 is 2.79 bits per heavy atom. The largest absolute Gasteiger partial charge is 0.316 e. The SMILES string of the molecule is FC(F)(CC1CCCNC1)c1ccc2c(c1)CCC2. The van der Waals surface area contributed by atoms with E-state index in [1.54, 1.807) is 12.1 Å². The fraction of sp³-hybridized carbons (Fsp3) is 0.625. The number of nitrogens with one attached hydrogen (secondary N) is 1. The van der Waals surface area contributed by atoms with Gasteiger partial charge in [-0.15, -0.1) is 0 Å². The Hall–Kier alpha value is -0.960. The molecule has 1 N–H and O–H groups in total. The third kappa shape index (κ3) is 2.81. The van der Waals surface area contributed by atoms with E-state index in [2.05, 4.69) is 5.32 Å². The molecule has 1 atom stereocenters. The molecule has 1 nitrogen and oxygen atoms in total. The second kappa shape index (κ2) is 5.20. The molecular weight excluding hydrogens is 244 g/mol. The topological polar surface area (TPSA) is 12.0 Å². The number of benzene rings is 1. The Labute approximate surface area is 113 Å². The maximum absolute atomic E-state index is 14.4. The molecule has 0 bridgehead atoms. The second-order valence-corrected chi connectivity index (χ2v) is 5.96. The van der Waals surface area contributed by atoms with Crippen molar-refractivity contribution in [2.75, 3.05) is 13.1 Å². The van der Waals surface area contributed by atoms with Crippen LogP contribution in [0, 0.1) is 5.92 Å². The molecule has 0 amide bonds. The van der Waals surface area contributed by atoms with E-state index >= 15 is 0 Å². The van der Waals surface area contributed by atoms with Gasteiger partial charge in [0.15, 0.2) is 0 Å². The number of aryl methyl sites for hydroxylation is 2. The van der Waals surface area contributed by atoms with Crippen molar-refractivity contribution in [3.63, 3.8) is 0 Å². The third-order valence-electron chi connectivity index (χ3n) is 4.46. The first-order valence-corrected chi connectivity index (χ1v) is 7.36. The van der Waals surface area contributed by atoms with Crippen molar-refractivity contribution in [3.05, 3.63) is 34.9 Å². The molecule has 2 aliphatic rings. The molecule has 3 rings (SSSR count). The summed E-state index contributed by atoms with van der Waals surface area (Å²) in [5, 5.41) is 3.22. The number of rotatable bonds is 3. The molecule has 1 aliphatic carbocycles. The second-order valence-electron chi connectivity index (χ2n) is 5.96. The number of alkyl halides is 2. The van der Waals surface area contributed by atoms with Crippen LogP contribution in [0.15, 0.2) is 18.2 Å². The van der Waals surface area contributed by atoms with E-state index in [9.17, 15) is 8.78 Å². The van der Waals surface area contributed by atoms with Gasteiger partial charge in [0.25, 0.3) is 5.92 Å². The zero-order chi connectivity index (χ0) is 13.3. The van der Waals surface area contributed by atoms with Crippen molar-refractivity contribution in [2.45, 2.75) is 44.4 Å².